The first-order valence-electron chi connectivity index (χ1n) is 10.1. The molecule has 0 saturated heterocycles. The second kappa shape index (κ2) is 9.98. The molecule has 0 aliphatic rings. The first-order chi connectivity index (χ1) is 13.5. The summed E-state index contributed by atoms with van der Waals surface area (Å²) in [4.78, 5) is 9.18. The fraction of sp³-hybridized carbons (Fsp3) is 0.375. The summed E-state index contributed by atoms with van der Waals surface area (Å²) in [6, 6.07) is 7.90. The molecule has 0 N–H and O–H groups in total. The zero-order valence-electron chi connectivity index (χ0n) is 18.0. The van der Waals surface area contributed by atoms with Gasteiger partial charge in [-0.05, 0) is 29.5 Å². The summed E-state index contributed by atoms with van der Waals surface area (Å²) in [5.74, 6) is 0. The quantitative estimate of drug-likeness (QED) is 0.480. The van der Waals surface area contributed by atoms with Crippen molar-refractivity contribution in [2.45, 2.75) is 54.5 Å². The zero-order valence-corrected chi connectivity index (χ0v) is 18.0. The lowest BCUT2D eigenvalue weighted by Crippen LogP contribution is -2.09. The molecule has 3 aromatic rings. The van der Waals surface area contributed by atoms with Crippen LogP contribution in [0.4, 0.5) is 0 Å². The highest BCUT2D eigenvalue weighted by molar-refractivity contribution is 5.76. The molecule has 0 fully saturated rings. The van der Waals surface area contributed by atoms with Crippen LogP contribution in [0.25, 0.3) is 22.3 Å². The van der Waals surface area contributed by atoms with Crippen molar-refractivity contribution in [2.24, 2.45) is 5.41 Å². The number of allylic oxidation sites excluding steroid dienone is 4. The fourth-order valence-corrected chi connectivity index (χ4v) is 2.75. The van der Waals surface area contributed by atoms with Gasteiger partial charge in [-0.2, -0.15) is 5.10 Å². The number of para-hydroxylation sites is 2. The van der Waals surface area contributed by atoms with Crippen LogP contribution in [0.2, 0.25) is 0 Å². The SMILES string of the molecule is CC.CC/C=C\C(=C/Cn1cc(-c2cnc3ccccc3n2)cn1)C(C)(C)C. The van der Waals surface area contributed by atoms with Gasteiger partial charge in [-0.15, -0.1) is 0 Å². The van der Waals surface area contributed by atoms with E-state index < -0.39 is 0 Å². The molecule has 1 aromatic carbocycles. The lowest BCUT2D eigenvalue weighted by molar-refractivity contribution is 0.511. The molecule has 0 spiro atoms. The van der Waals surface area contributed by atoms with E-state index in [0.29, 0.717) is 0 Å². The number of nitrogens with zero attached hydrogens (tertiary/aromatic N) is 4. The molecule has 2 heterocycles. The number of hydrogen-bond acceptors (Lipinski definition) is 3. The van der Waals surface area contributed by atoms with Gasteiger partial charge in [0.2, 0.25) is 0 Å². The molecule has 0 unspecified atom stereocenters. The van der Waals surface area contributed by atoms with Crippen LogP contribution in [0.1, 0.15) is 48.0 Å². The Labute approximate surface area is 169 Å². The predicted molar refractivity (Wildman–Crippen MR) is 119 cm³/mol. The van der Waals surface area contributed by atoms with Gasteiger partial charge < -0.3 is 0 Å². The van der Waals surface area contributed by atoms with Crippen LogP contribution in [-0.2, 0) is 6.54 Å². The topological polar surface area (TPSA) is 43.6 Å². The summed E-state index contributed by atoms with van der Waals surface area (Å²) >= 11 is 0. The van der Waals surface area contributed by atoms with Crippen molar-refractivity contribution in [1.82, 2.24) is 19.7 Å². The molecule has 2 aromatic heterocycles. The van der Waals surface area contributed by atoms with Crippen LogP contribution >= 0.6 is 0 Å². The molecule has 0 aliphatic carbocycles. The molecule has 4 nitrogen and oxygen atoms in total. The minimum absolute atomic E-state index is 0.117. The van der Waals surface area contributed by atoms with Crippen LogP contribution in [0, 0.1) is 5.41 Å². The Morgan fingerprint density at radius 1 is 1.07 bits per heavy atom. The van der Waals surface area contributed by atoms with Crippen molar-refractivity contribution in [2.75, 3.05) is 0 Å². The summed E-state index contributed by atoms with van der Waals surface area (Å²) in [7, 11) is 0. The third-order valence-electron chi connectivity index (χ3n) is 4.27. The third-order valence-corrected chi connectivity index (χ3v) is 4.27. The minimum atomic E-state index is 0.117. The highest BCUT2D eigenvalue weighted by Gasteiger charge is 2.14. The Balaban J connectivity index is 0.00000136. The summed E-state index contributed by atoms with van der Waals surface area (Å²) in [5.41, 5.74) is 5.08. The number of aromatic nitrogens is 4. The molecule has 3 rings (SSSR count). The van der Waals surface area contributed by atoms with Crippen molar-refractivity contribution >= 4 is 11.0 Å². The average molecular weight is 377 g/mol. The van der Waals surface area contributed by atoms with E-state index in [1.54, 1.807) is 0 Å². The summed E-state index contributed by atoms with van der Waals surface area (Å²) in [6.07, 6.45) is 13.4. The van der Waals surface area contributed by atoms with Gasteiger partial charge >= 0.3 is 0 Å². The molecule has 0 saturated carbocycles. The van der Waals surface area contributed by atoms with Crippen molar-refractivity contribution in [3.8, 4) is 11.3 Å². The van der Waals surface area contributed by atoms with Crippen molar-refractivity contribution in [3.63, 3.8) is 0 Å². The lowest BCUT2D eigenvalue weighted by Gasteiger charge is -2.20. The maximum absolute atomic E-state index is 4.69. The summed E-state index contributed by atoms with van der Waals surface area (Å²) < 4.78 is 1.94. The van der Waals surface area contributed by atoms with Gasteiger partial charge in [-0.1, -0.05) is 71.9 Å². The number of rotatable bonds is 5. The fourth-order valence-electron chi connectivity index (χ4n) is 2.75. The molecule has 28 heavy (non-hydrogen) atoms. The van der Waals surface area contributed by atoms with Crippen LogP contribution in [-0.4, -0.2) is 19.7 Å². The first-order valence-corrected chi connectivity index (χ1v) is 10.1. The van der Waals surface area contributed by atoms with E-state index in [4.69, 9.17) is 4.98 Å². The van der Waals surface area contributed by atoms with Gasteiger partial charge in [0, 0.05) is 11.8 Å². The zero-order chi connectivity index (χ0) is 20.6. The first kappa shape index (κ1) is 21.5. The molecule has 0 amide bonds. The Morgan fingerprint density at radius 2 is 1.79 bits per heavy atom. The van der Waals surface area contributed by atoms with E-state index in [0.717, 1.165) is 35.3 Å². The smallest absolute Gasteiger partial charge is 0.0924 e. The summed E-state index contributed by atoms with van der Waals surface area (Å²) in [5, 5.41) is 4.49. The molecular formula is C24H32N4. The van der Waals surface area contributed by atoms with Gasteiger partial charge in [0.25, 0.3) is 0 Å². The molecule has 0 atom stereocenters. The van der Waals surface area contributed by atoms with Gasteiger partial charge in [0.1, 0.15) is 0 Å². The van der Waals surface area contributed by atoms with Gasteiger partial charge in [-0.3, -0.25) is 9.67 Å². The van der Waals surface area contributed by atoms with E-state index >= 15 is 0 Å². The van der Waals surface area contributed by atoms with Crippen LogP contribution in [0.15, 0.2) is 66.7 Å². The Morgan fingerprint density at radius 3 is 2.46 bits per heavy atom. The maximum atomic E-state index is 4.69. The van der Waals surface area contributed by atoms with Crippen molar-refractivity contribution in [1.29, 1.82) is 0 Å². The normalized spacial score (nSPS) is 12.3. The number of benzene rings is 1. The predicted octanol–water partition coefficient (Wildman–Crippen LogP) is 6.46. The van der Waals surface area contributed by atoms with Crippen LogP contribution in [0.3, 0.4) is 0 Å². The second-order valence-electron chi connectivity index (χ2n) is 7.42. The monoisotopic (exact) mass is 376 g/mol. The molecular weight excluding hydrogens is 344 g/mol. The standard InChI is InChI=1S/C22H26N4.C2H6/c1-5-6-9-18(22(2,3)4)12-13-26-16-17(14-24-26)21-15-23-19-10-7-8-11-20(19)25-21;1-2/h6-12,14-16H,5,13H2,1-4H3;1-2H3/b9-6-,18-12+;. The van der Waals surface area contributed by atoms with E-state index in [9.17, 15) is 0 Å². The Kier molecular flexibility index (Phi) is 7.68. The van der Waals surface area contributed by atoms with E-state index in [1.165, 1.54) is 5.57 Å². The lowest BCUT2D eigenvalue weighted by atomic mass is 9.86. The van der Waals surface area contributed by atoms with E-state index in [1.807, 2.05) is 61.4 Å². The molecule has 148 valence electrons. The second-order valence-corrected chi connectivity index (χ2v) is 7.42. The van der Waals surface area contributed by atoms with E-state index in [2.05, 4.69) is 56.0 Å². The molecule has 0 bridgehead atoms. The maximum Gasteiger partial charge on any atom is 0.0924 e. The highest BCUT2D eigenvalue weighted by Crippen LogP contribution is 2.26. The summed E-state index contributed by atoms with van der Waals surface area (Å²) in [6.45, 7) is 13.6. The highest BCUT2D eigenvalue weighted by atomic mass is 15.3. The van der Waals surface area contributed by atoms with Crippen molar-refractivity contribution < 1.29 is 0 Å². The van der Waals surface area contributed by atoms with Crippen molar-refractivity contribution in [3.05, 3.63) is 66.7 Å². The van der Waals surface area contributed by atoms with Gasteiger partial charge in [-0.25, -0.2) is 4.98 Å². The largest absolute Gasteiger partial charge is 0.268 e. The number of fused-ring (bicyclic) bond motifs is 1. The van der Waals surface area contributed by atoms with E-state index in [-0.39, 0.29) is 5.41 Å². The van der Waals surface area contributed by atoms with Gasteiger partial charge in [0.15, 0.2) is 0 Å². The third kappa shape index (κ3) is 5.62. The van der Waals surface area contributed by atoms with Crippen LogP contribution < -0.4 is 0 Å². The molecule has 0 radical (unpaired) electrons. The Bertz CT molecular complexity index is 942. The number of hydrogen-bond donors (Lipinski definition) is 0. The minimum Gasteiger partial charge on any atom is -0.268 e. The molecule has 0 aliphatic heterocycles. The van der Waals surface area contributed by atoms with Gasteiger partial charge in [0.05, 0.1) is 35.7 Å². The molecule has 4 heteroatoms. The van der Waals surface area contributed by atoms with Crippen LogP contribution in [0.5, 0.6) is 0 Å². The average Bonchev–Trinajstić information content (AvgIpc) is 3.17. The Hall–Kier alpha value is -2.75.